The Bertz CT molecular complexity index is 1120. The van der Waals surface area contributed by atoms with Crippen molar-refractivity contribution in [2.24, 2.45) is 5.73 Å². The highest BCUT2D eigenvalue weighted by molar-refractivity contribution is 7.98. The fourth-order valence-electron chi connectivity index (χ4n) is 2.24. The van der Waals surface area contributed by atoms with Gasteiger partial charge in [0.15, 0.2) is 0 Å². The van der Waals surface area contributed by atoms with Crippen LogP contribution in [0.15, 0.2) is 70.6 Å². The number of rotatable bonds is 4. The molecule has 0 unspecified atom stereocenters. The first kappa shape index (κ1) is 23.2. The average Bonchev–Trinajstić information content (AvgIpc) is 2.67. The number of carbonyl (C=O) groups is 1. The molecule has 6 nitrogen and oxygen atoms in total. The second-order valence-electron chi connectivity index (χ2n) is 5.54. The SMILES string of the molecule is CSc1ccccc1-c1ccc(S(=O)(=O)O)cn1.NC(=O)c1ccc(Cl)cc1Cl. The molecule has 0 aliphatic rings. The first-order valence-electron chi connectivity index (χ1n) is 7.95. The maximum atomic E-state index is 10.9. The Morgan fingerprint density at radius 1 is 1.10 bits per heavy atom. The molecule has 0 aliphatic carbocycles. The molecule has 0 aliphatic heterocycles. The van der Waals surface area contributed by atoms with E-state index in [-0.39, 0.29) is 15.5 Å². The number of halogens is 2. The summed E-state index contributed by atoms with van der Waals surface area (Å²) in [5, 5.41) is 0.769. The number of primary amides is 1. The van der Waals surface area contributed by atoms with Crippen LogP contribution in [0.2, 0.25) is 10.0 Å². The second-order valence-corrected chi connectivity index (χ2v) is 8.66. The first-order valence-corrected chi connectivity index (χ1v) is 11.4. The van der Waals surface area contributed by atoms with E-state index in [1.165, 1.54) is 18.2 Å². The molecule has 0 saturated carbocycles. The lowest BCUT2D eigenvalue weighted by atomic mass is 10.1. The van der Waals surface area contributed by atoms with Crippen LogP contribution in [0, 0.1) is 0 Å². The predicted molar refractivity (Wildman–Crippen MR) is 116 cm³/mol. The topological polar surface area (TPSA) is 110 Å². The molecule has 3 rings (SSSR count). The Labute approximate surface area is 182 Å². The van der Waals surface area contributed by atoms with Crippen molar-refractivity contribution >= 4 is 51.0 Å². The highest BCUT2D eigenvalue weighted by Gasteiger charge is 2.11. The number of hydrogen-bond acceptors (Lipinski definition) is 5. The van der Waals surface area contributed by atoms with E-state index in [2.05, 4.69) is 4.98 Å². The summed E-state index contributed by atoms with van der Waals surface area (Å²) in [4.78, 5) is 15.6. The van der Waals surface area contributed by atoms with Crippen LogP contribution in [0.25, 0.3) is 11.3 Å². The third-order valence-corrected chi connectivity index (χ3v) is 5.79. The zero-order valence-electron chi connectivity index (χ0n) is 15.0. The van der Waals surface area contributed by atoms with Crippen molar-refractivity contribution in [3.05, 3.63) is 76.4 Å². The van der Waals surface area contributed by atoms with Gasteiger partial charge >= 0.3 is 0 Å². The summed E-state index contributed by atoms with van der Waals surface area (Å²) in [5.74, 6) is -0.549. The number of nitrogens with zero attached hydrogens (tertiary/aromatic N) is 1. The molecule has 0 bridgehead atoms. The van der Waals surface area contributed by atoms with Crippen molar-refractivity contribution in [1.29, 1.82) is 0 Å². The molecule has 0 radical (unpaired) electrons. The summed E-state index contributed by atoms with van der Waals surface area (Å²) < 4.78 is 30.7. The highest BCUT2D eigenvalue weighted by Crippen LogP contribution is 2.28. The molecular formula is C19H16Cl2N2O4S2. The summed E-state index contributed by atoms with van der Waals surface area (Å²) >= 11 is 12.8. The van der Waals surface area contributed by atoms with Crippen LogP contribution in [0.1, 0.15) is 10.4 Å². The Hall–Kier alpha value is -2.10. The van der Waals surface area contributed by atoms with Crippen molar-refractivity contribution in [1.82, 2.24) is 4.98 Å². The van der Waals surface area contributed by atoms with Gasteiger partial charge in [0.05, 0.1) is 16.3 Å². The number of benzene rings is 2. The fraction of sp³-hybridized carbons (Fsp3) is 0.0526. The van der Waals surface area contributed by atoms with Crippen LogP contribution in [0.3, 0.4) is 0 Å². The lowest BCUT2D eigenvalue weighted by Gasteiger charge is -2.06. The van der Waals surface area contributed by atoms with E-state index >= 15 is 0 Å². The van der Waals surface area contributed by atoms with E-state index in [1.54, 1.807) is 23.9 Å². The minimum absolute atomic E-state index is 0.201. The molecule has 152 valence electrons. The van der Waals surface area contributed by atoms with Crippen LogP contribution >= 0.6 is 35.0 Å². The Balaban J connectivity index is 0.000000234. The van der Waals surface area contributed by atoms with Gasteiger partial charge in [-0.25, -0.2) is 0 Å². The smallest absolute Gasteiger partial charge is 0.296 e. The van der Waals surface area contributed by atoms with Gasteiger partial charge in [-0.3, -0.25) is 14.3 Å². The maximum Gasteiger partial charge on any atom is 0.296 e. The largest absolute Gasteiger partial charge is 0.366 e. The van der Waals surface area contributed by atoms with Crippen LogP contribution in [0.5, 0.6) is 0 Å². The maximum absolute atomic E-state index is 10.9. The quantitative estimate of drug-likeness (QED) is 0.418. The Kier molecular flexibility index (Phi) is 8.06. The number of aromatic nitrogens is 1. The lowest BCUT2D eigenvalue weighted by molar-refractivity contribution is 0.100. The number of thioether (sulfide) groups is 1. The van der Waals surface area contributed by atoms with Gasteiger partial charge in [0, 0.05) is 21.7 Å². The summed E-state index contributed by atoms with van der Waals surface area (Å²) in [5.41, 5.74) is 6.90. The van der Waals surface area contributed by atoms with Gasteiger partial charge in [0.1, 0.15) is 4.90 Å². The van der Waals surface area contributed by atoms with Crippen molar-refractivity contribution in [3.8, 4) is 11.3 Å². The van der Waals surface area contributed by atoms with Gasteiger partial charge < -0.3 is 5.73 Å². The molecule has 1 aromatic heterocycles. The van der Waals surface area contributed by atoms with Gasteiger partial charge in [-0.2, -0.15) is 8.42 Å². The van der Waals surface area contributed by atoms with Crippen molar-refractivity contribution in [3.63, 3.8) is 0 Å². The molecule has 3 aromatic rings. The van der Waals surface area contributed by atoms with Gasteiger partial charge in [-0.15, -0.1) is 11.8 Å². The van der Waals surface area contributed by atoms with Crippen LogP contribution in [0.4, 0.5) is 0 Å². The molecule has 1 heterocycles. The van der Waals surface area contributed by atoms with Crippen LogP contribution in [-0.4, -0.2) is 30.1 Å². The predicted octanol–water partition coefficient (Wildman–Crippen LogP) is 4.81. The van der Waals surface area contributed by atoms with Crippen LogP contribution < -0.4 is 5.73 Å². The van der Waals surface area contributed by atoms with E-state index in [1.807, 2.05) is 30.5 Å². The van der Waals surface area contributed by atoms with Crippen molar-refractivity contribution in [2.75, 3.05) is 6.26 Å². The van der Waals surface area contributed by atoms with E-state index in [0.717, 1.165) is 16.7 Å². The summed E-state index contributed by atoms with van der Waals surface area (Å²) in [6.07, 6.45) is 3.12. The van der Waals surface area contributed by atoms with E-state index in [0.29, 0.717) is 10.7 Å². The van der Waals surface area contributed by atoms with Crippen molar-refractivity contribution < 1.29 is 17.8 Å². The standard InChI is InChI=1S/C12H11NO3S2.C7H5Cl2NO/c1-17-12-5-3-2-4-10(12)11-7-6-9(8-13-11)18(14,15)16;8-4-1-2-5(7(10)11)6(9)3-4/h2-8H,1H3,(H,14,15,16);1-3H,(H2,10,11). The van der Waals surface area contributed by atoms with Gasteiger partial charge in [-0.1, -0.05) is 41.4 Å². The summed E-state index contributed by atoms with van der Waals surface area (Å²) in [7, 11) is -4.19. The molecule has 0 atom stereocenters. The first-order chi connectivity index (χ1) is 13.6. The number of pyridine rings is 1. The second kappa shape index (κ2) is 10.1. The van der Waals surface area contributed by atoms with Crippen LogP contribution in [-0.2, 0) is 10.1 Å². The van der Waals surface area contributed by atoms with Gasteiger partial charge in [0.25, 0.3) is 10.1 Å². The highest BCUT2D eigenvalue weighted by atomic mass is 35.5. The third kappa shape index (κ3) is 6.45. The normalized spacial score (nSPS) is 10.8. The average molecular weight is 471 g/mol. The monoisotopic (exact) mass is 470 g/mol. The number of nitrogens with two attached hydrogens (primary N) is 1. The molecule has 3 N–H and O–H groups in total. The molecule has 2 aromatic carbocycles. The summed E-state index contributed by atoms with van der Waals surface area (Å²) in [6.45, 7) is 0. The minimum atomic E-state index is -4.19. The number of amides is 1. The zero-order chi connectivity index (χ0) is 21.6. The summed E-state index contributed by atoms with van der Waals surface area (Å²) in [6, 6.07) is 15.2. The molecule has 0 fully saturated rings. The molecule has 0 saturated heterocycles. The Morgan fingerprint density at radius 2 is 1.79 bits per heavy atom. The van der Waals surface area contributed by atoms with E-state index in [4.69, 9.17) is 33.5 Å². The molecule has 0 spiro atoms. The van der Waals surface area contributed by atoms with Crippen molar-refractivity contribution in [2.45, 2.75) is 9.79 Å². The molecule has 29 heavy (non-hydrogen) atoms. The van der Waals surface area contributed by atoms with E-state index < -0.39 is 16.0 Å². The molecular weight excluding hydrogens is 455 g/mol. The number of carbonyl (C=O) groups excluding carboxylic acids is 1. The zero-order valence-corrected chi connectivity index (χ0v) is 18.2. The molecule has 10 heteroatoms. The van der Waals surface area contributed by atoms with Gasteiger partial charge in [0.2, 0.25) is 5.91 Å². The lowest BCUT2D eigenvalue weighted by Crippen LogP contribution is -2.11. The van der Waals surface area contributed by atoms with Gasteiger partial charge in [-0.05, 0) is 42.7 Å². The molecule has 1 amide bonds. The fourth-order valence-corrected chi connectivity index (χ4v) is 3.77. The number of hydrogen-bond donors (Lipinski definition) is 2. The van der Waals surface area contributed by atoms with E-state index in [9.17, 15) is 13.2 Å². The minimum Gasteiger partial charge on any atom is -0.366 e. The third-order valence-electron chi connectivity index (χ3n) is 3.61. The Morgan fingerprint density at radius 3 is 2.31 bits per heavy atom.